The van der Waals surface area contributed by atoms with Crippen LogP contribution in [0.2, 0.25) is 0 Å². The second-order valence-corrected chi connectivity index (χ2v) is 7.02. The first kappa shape index (κ1) is 15.0. The second-order valence-electron chi connectivity index (χ2n) is 6.11. The Morgan fingerprint density at radius 1 is 1.24 bits per heavy atom. The van der Waals surface area contributed by atoms with Crippen molar-refractivity contribution in [2.24, 2.45) is 5.92 Å². The highest BCUT2D eigenvalue weighted by Gasteiger charge is 2.27. The molecule has 3 rings (SSSR count). The van der Waals surface area contributed by atoms with Gasteiger partial charge in [0.2, 0.25) is 5.91 Å². The Kier molecular flexibility index (Phi) is 4.96. The van der Waals surface area contributed by atoms with Crippen molar-refractivity contribution < 1.29 is 9.53 Å². The maximum atomic E-state index is 12.4. The number of carbonyl (C=O) groups excluding carboxylic acids is 1. The van der Waals surface area contributed by atoms with Crippen LogP contribution in [0.15, 0.2) is 28.7 Å². The average molecular weight is 352 g/mol. The quantitative estimate of drug-likeness (QED) is 0.825. The molecule has 0 bridgehead atoms. The van der Waals surface area contributed by atoms with E-state index in [0.29, 0.717) is 25.0 Å². The molecule has 0 aromatic heterocycles. The molecule has 2 aliphatic rings. The van der Waals surface area contributed by atoms with Gasteiger partial charge in [-0.15, -0.1) is 0 Å². The molecule has 3 nitrogen and oxygen atoms in total. The highest BCUT2D eigenvalue weighted by Crippen LogP contribution is 2.29. The molecule has 0 N–H and O–H groups in total. The zero-order chi connectivity index (χ0) is 14.7. The molecular weight excluding hydrogens is 330 g/mol. The first-order chi connectivity index (χ1) is 10.2. The van der Waals surface area contributed by atoms with E-state index in [4.69, 9.17) is 4.74 Å². The SMILES string of the molecule is O=C(CC1CCCC1)N1CCOC(c2ccc(Br)cc2)C1. The van der Waals surface area contributed by atoms with E-state index >= 15 is 0 Å². The van der Waals surface area contributed by atoms with Crippen molar-refractivity contribution in [2.45, 2.75) is 38.2 Å². The molecule has 21 heavy (non-hydrogen) atoms. The van der Waals surface area contributed by atoms with Gasteiger partial charge in [0.25, 0.3) is 0 Å². The zero-order valence-corrected chi connectivity index (χ0v) is 13.8. The van der Waals surface area contributed by atoms with Crippen molar-refractivity contribution in [3.8, 4) is 0 Å². The van der Waals surface area contributed by atoms with E-state index in [2.05, 4.69) is 28.1 Å². The minimum atomic E-state index is 0.0133. The molecule has 1 aromatic rings. The van der Waals surface area contributed by atoms with E-state index in [9.17, 15) is 4.79 Å². The number of ether oxygens (including phenoxy) is 1. The summed E-state index contributed by atoms with van der Waals surface area (Å²) in [5.74, 6) is 0.929. The third-order valence-corrected chi connectivity index (χ3v) is 5.13. The molecule has 114 valence electrons. The summed E-state index contributed by atoms with van der Waals surface area (Å²) < 4.78 is 6.91. The smallest absolute Gasteiger partial charge is 0.223 e. The first-order valence-electron chi connectivity index (χ1n) is 7.87. The topological polar surface area (TPSA) is 29.5 Å². The number of benzene rings is 1. The standard InChI is InChI=1S/C17H22BrNO2/c18-15-7-5-14(6-8-15)16-12-19(9-10-21-16)17(20)11-13-3-1-2-4-13/h5-8,13,16H,1-4,9-12H2. The van der Waals surface area contributed by atoms with Crippen LogP contribution >= 0.6 is 15.9 Å². The Hall–Kier alpha value is -0.870. The van der Waals surface area contributed by atoms with Gasteiger partial charge in [0.05, 0.1) is 13.2 Å². The molecule has 0 radical (unpaired) electrons. The van der Waals surface area contributed by atoms with Crippen LogP contribution in [0.25, 0.3) is 0 Å². The molecule has 1 atom stereocenters. The van der Waals surface area contributed by atoms with Crippen LogP contribution in [0.5, 0.6) is 0 Å². The summed E-state index contributed by atoms with van der Waals surface area (Å²) in [6, 6.07) is 8.19. The predicted molar refractivity (Wildman–Crippen MR) is 86.0 cm³/mol. The number of hydrogen-bond donors (Lipinski definition) is 0. The van der Waals surface area contributed by atoms with E-state index in [1.54, 1.807) is 0 Å². The average Bonchev–Trinajstić information content (AvgIpc) is 3.01. The molecule has 0 spiro atoms. The monoisotopic (exact) mass is 351 g/mol. The zero-order valence-electron chi connectivity index (χ0n) is 12.3. The van der Waals surface area contributed by atoms with E-state index in [1.807, 2.05) is 17.0 Å². The van der Waals surface area contributed by atoms with Gasteiger partial charge in [-0.3, -0.25) is 4.79 Å². The molecule has 1 unspecified atom stereocenters. The second kappa shape index (κ2) is 6.93. The van der Waals surface area contributed by atoms with Crippen molar-refractivity contribution in [1.29, 1.82) is 0 Å². The lowest BCUT2D eigenvalue weighted by atomic mass is 10.0. The van der Waals surface area contributed by atoms with Gasteiger partial charge in [0.15, 0.2) is 0 Å². The van der Waals surface area contributed by atoms with Crippen LogP contribution in [0, 0.1) is 5.92 Å². The third kappa shape index (κ3) is 3.86. The number of halogens is 1. The van der Waals surface area contributed by atoms with Gasteiger partial charge in [-0.25, -0.2) is 0 Å². The summed E-state index contributed by atoms with van der Waals surface area (Å²) in [5.41, 5.74) is 1.15. The van der Waals surface area contributed by atoms with Crippen LogP contribution in [-0.2, 0) is 9.53 Å². The summed E-state index contributed by atoms with van der Waals surface area (Å²) in [6.45, 7) is 2.06. The molecule has 1 amide bonds. The number of nitrogens with zero attached hydrogens (tertiary/aromatic N) is 1. The first-order valence-corrected chi connectivity index (χ1v) is 8.66. The highest BCUT2D eigenvalue weighted by molar-refractivity contribution is 9.10. The van der Waals surface area contributed by atoms with Crippen molar-refractivity contribution >= 4 is 21.8 Å². The summed E-state index contributed by atoms with van der Waals surface area (Å²) >= 11 is 3.45. The fourth-order valence-electron chi connectivity index (χ4n) is 3.35. The van der Waals surface area contributed by atoms with Gasteiger partial charge in [0.1, 0.15) is 6.10 Å². The van der Waals surface area contributed by atoms with Crippen LogP contribution in [0.4, 0.5) is 0 Å². The van der Waals surface area contributed by atoms with Crippen LogP contribution < -0.4 is 0 Å². The highest BCUT2D eigenvalue weighted by atomic mass is 79.9. The van der Waals surface area contributed by atoms with Gasteiger partial charge < -0.3 is 9.64 Å². The fraction of sp³-hybridized carbons (Fsp3) is 0.588. The summed E-state index contributed by atoms with van der Waals surface area (Å²) in [7, 11) is 0. The molecule has 2 fully saturated rings. The van der Waals surface area contributed by atoms with E-state index in [-0.39, 0.29) is 6.10 Å². The van der Waals surface area contributed by atoms with E-state index in [1.165, 1.54) is 25.7 Å². The number of morpholine rings is 1. The van der Waals surface area contributed by atoms with Gasteiger partial charge in [-0.05, 0) is 36.5 Å². The molecule has 1 aliphatic heterocycles. The molecule has 1 aromatic carbocycles. The Morgan fingerprint density at radius 3 is 2.67 bits per heavy atom. The normalized spacial score (nSPS) is 23.5. The molecular formula is C17H22BrNO2. The Bertz CT molecular complexity index is 482. The van der Waals surface area contributed by atoms with Gasteiger partial charge >= 0.3 is 0 Å². The van der Waals surface area contributed by atoms with Gasteiger partial charge in [-0.1, -0.05) is 40.9 Å². The molecule has 4 heteroatoms. The van der Waals surface area contributed by atoms with Gasteiger partial charge in [-0.2, -0.15) is 0 Å². The number of carbonyl (C=O) groups is 1. The minimum absolute atomic E-state index is 0.0133. The Labute approximate surface area is 134 Å². The minimum Gasteiger partial charge on any atom is -0.370 e. The van der Waals surface area contributed by atoms with Crippen molar-refractivity contribution in [1.82, 2.24) is 4.90 Å². The van der Waals surface area contributed by atoms with Crippen molar-refractivity contribution in [2.75, 3.05) is 19.7 Å². The number of hydrogen-bond acceptors (Lipinski definition) is 2. The van der Waals surface area contributed by atoms with Crippen molar-refractivity contribution in [3.05, 3.63) is 34.3 Å². The van der Waals surface area contributed by atoms with E-state index < -0.39 is 0 Å². The molecule has 1 aliphatic carbocycles. The Balaban J connectivity index is 1.59. The lowest BCUT2D eigenvalue weighted by molar-refractivity contribution is -0.140. The molecule has 1 heterocycles. The summed E-state index contributed by atoms with van der Waals surface area (Å²) in [6.07, 6.45) is 5.79. The maximum Gasteiger partial charge on any atom is 0.223 e. The largest absolute Gasteiger partial charge is 0.370 e. The molecule has 1 saturated carbocycles. The number of amides is 1. The summed E-state index contributed by atoms with van der Waals surface area (Å²) in [4.78, 5) is 14.4. The lowest BCUT2D eigenvalue weighted by Gasteiger charge is -2.34. The fourth-order valence-corrected chi connectivity index (χ4v) is 3.61. The molecule has 1 saturated heterocycles. The number of rotatable bonds is 3. The van der Waals surface area contributed by atoms with E-state index in [0.717, 1.165) is 23.0 Å². The maximum absolute atomic E-state index is 12.4. The predicted octanol–water partition coefficient (Wildman–Crippen LogP) is 3.93. The van der Waals surface area contributed by atoms with Crippen LogP contribution in [-0.4, -0.2) is 30.5 Å². The summed E-state index contributed by atoms with van der Waals surface area (Å²) in [5, 5.41) is 0. The Morgan fingerprint density at radius 2 is 1.95 bits per heavy atom. The lowest BCUT2D eigenvalue weighted by Crippen LogP contribution is -2.42. The van der Waals surface area contributed by atoms with Crippen LogP contribution in [0.1, 0.15) is 43.8 Å². The third-order valence-electron chi connectivity index (χ3n) is 4.60. The van der Waals surface area contributed by atoms with Crippen molar-refractivity contribution in [3.63, 3.8) is 0 Å². The van der Waals surface area contributed by atoms with Gasteiger partial charge in [0, 0.05) is 17.4 Å². The van der Waals surface area contributed by atoms with Crippen LogP contribution in [0.3, 0.4) is 0 Å².